The predicted molar refractivity (Wildman–Crippen MR) is 61.6 cm³/mol. The summed E-state index contributed by atoms with van der Waals surface area (Å²) >= 11 is 0. The van der Waals surface area contributed by atoms with Crippen LogP contribution in [0.5, 0.6) is 0 Å². The van der Waals surface area contributed by atoms with Crippen LogP contribution in [0.2, 0.25) is 0 Å². The van der Waals surface area contributed by atoms with Crippen molar-refractivity contribution in [1.29, 1.82) is 0 Å². The number of aliphatic hydroxyl groups excluding tert-OH is 1. The summed E-state index contributed by atoms with van der Waals surface area (Å²) < 4.78 is 0. The lowest BCUT2D eigenvalue weighted by atomic mass is 10.0. The average Bonchev–Trinajstić information content (AvgIpc) is 2.24. The second-order valence-electron chi connectivity index (χ2n) is 3.51. The molecule has 88 valence electrons. The van der Waals surface area contributed by atoms with Crippen LogP contribution in [0.25, 0.3) is 0 Å². The summed E-state index contributed by atoms with van der Waals surface area (Å²) in [7, 11) is 0. The van der Waals surface area contributed by atoms with Crippen LogP contribution >= 0.6 is 0 Å². The van der Waals surface area contributed by atoms with E-state index in [1.54, 1.807) is 6.08 Å². The summed E-state index contributed by atoms with van der Waals surface area (Å²) in [6.45, 7) is 7.39. The normalized spacial score (nSPS) is 12.1. The molecule has 1 unspecified atom stereocenters. The molecule has 0 saturated heterocycles. The molecule has 0 aliphatic rings. The van der Waals surface area contributed by atoms with Gasteiger partial charge in [-0.3, -0.25) is 4.79 Å². The molecule has 0 saturated carbocycles. The van der Waals surface area contributed by atoms with Gasteiger partial charge in [-0.25, -0.2) is 0 Å². The summed E-state index contributed by atoms with van der Waals surface area (Å²) in [6, 6.07) is 0. The number of aliphatic hydroxyl groups is 1. The Bertz CT molecular complexity index is 183. The zero-order valence-corrected chi connectivity index (χ0v) is 9.46. The Kier molecular flexibility index (Phi) is 9.11. The largest absolute Gasteiger partial charge is 0.396 e. The zero-order valence-electron chi connectivity index (χ0n) is 9.46. The third kappa shape index (κ3) is 8.15. The van der Waals surface area contributed by atoms with Gasteiger partial charge in [-0.1, -0.05) is 19.4 Å². The van der Waals surface area contributed by atoms with Crippen LogP contribution < -0.4 is 10.6 Å². The minimum absolute atomic E-state index is 0.00626. The van der Waals surface area contributed by atoms with Crippen LogP contribution in [0.1, 0.15) is 19.8 Å². The molecule has 0 heterocycles. The van der Waals surface area contributed by atoms with Crippen molar-refractivity contribution in [3.8, 4) is 0 Å². The highest BCUT2D eigenvalue weighted by molar-refractivity contribution is 5.77. The van der Waals surface area contributed by atoms with E-state index in [2.05, 4.69) is 24.1 Å². The van der Waals surface area contributed by atoms with Crippen LogP contribution in [-0.4, -0.2) is 37.3 Å². The first-order valence-electron chi connectivity index (χ1n) is 5.43. The van der Waals surface area contributed by atoms with Crippen molar-refractivity contribution in [1.82, 2.24) is 10.6 Å². The van der Waals surface area contributed by atoms with Gasteiger partial charge in [-0.15, -0.1) is 6.58 Å². The number of carbonyl (C=O) groups is 1. The quantitative estimate of drug-likeness (QED) is 0.382. The summed E-state index contributed by atoms with van der Waals surface area (Å²) in [6.07, 6.45) is 3.44. The fourth-order valence-corrected chi connectivity index (χ4v) is 1.24. The number of carbonyl (C=O) groups excluding carboxylic acids is 1. The molecule has 4 heteroatoms. The Morgan fingerprint density at radius 3 is 2.87 bits per heavy atom. The van der Waals surface area contributed by atoms with Crippen LogP contribution in [0.15, 0.2) is 12.7 Å². The van der Waals surface area contributed by atoms with Gasteiger partial charge in [0.1, 0.15) is 0 Å². The lowest BCUT2D eigenvalue weighted by Gasteiger charge is -2.14. The maximum atomic E-state index is 11.3. The van der Waals surface area contributed by atoms with Gasteiger partial charge in [0, 0.05) is 19.7 Å². The fourth-order valence-electron chi connectivity index (χ4n) is 1.24. The van der Waals surface area contributed by atoms with Gasteiger partial charge in [-0.05, 0) is 12.3 Å². The van der Waals surface area contributed by atoms with E-state index in [0.29, 0.717) is 25.6 Å². The third-order valence-electron chi connectivity index (χ3n) is 2.28. The fraction of sp³-hybridized carbons (Fsp3) is 0.727. The van der Waals surface area contributed by atoms with Gasteiger partial charge in [-0.2, -0.15) is 0 Å². The SMILES string of the molecule is C=CCNCC(=O)NCC(CC)CCO. The molecule has 0 fully saturated rings. The molecule has 0 rings (SSSR count). The first-order valence-corrected chi connectivity index (χ1v) is 5.43. The first kappa shape index (κ1) is 14.1. The van der Waals surface area contributed by atoms with Crippen LogP contribution in [0, 0.1) is 5.92 Å². The van der Waals surface area contributed by atoms with Crippen molar-refractivity contribution >= 4 is 5.91 Å². The molecule has 0 bridgehead atoms. The van der Waals surface area contributed by atoms with E-state index in [9.17, 15) is 4.79 Å². The van der Waals surface area contributed by atoms with E-state index in [0.717, 1.165) is 12.8 Å². The Morgan fingerprint density at radius 1 is 1.60 bits per heavy atom. The van der Waals surface area contributed by atoms with Crippen molar-refractivity contribution in [3.63, 3.8) is 0 Å². The topological polar surface area (TPSA) is 61.4 Å². The molecule has 0 aromatic carbocycles. The highest BCUT2D eigenvalue weighted by Gasteiger charge is 2.07. The number of amides is 1. The van der Waals surface area contributed by atoms with Crippen LogP contribution in [0.4, 0.5) is 0 Å². The lowest BCUT2D eigenvalue weighted by Crippen LogP contribution is -2.36. The van der Waals surface area contributed by atoms with Crippen molar-refractivity contribution in [2.24, 2.45) is 5.92 Å². The summed E-state index contributed by atoms with van der Waals surface area (Å²) in [5, 5.41) is 14.5. The van der Waals surface area contributed by atoms with E-state index in [1.165, 1.54) is 0 Å². The van der Waals surface area contributed by atoms with Crippen LogP contribution in [-0.2, 0) is 4.79 Å². The molecular weight excluding hydrogens is 192 g/mol. The molecule has 0 aromatic rings. The van der Waals surface area contributed by atoms with Gasteiger partial charge in [0.05, 0.1) is 6.54 Å². The van der Waals surface area contributed by atoms with Gasteiger partial charge < -0.3 is 15.7 Å². The van der Waals surface area contributed by atoms with Gasteiger partial charge in [0.25, 0.3) is 0 Å². The molecule has 3 N–H and O–H groups in total. The zero-order chi connectivity index (χ0) is 11.5. The van der Waals surface area contributed by atoms with E-state index in [-0.39, 0.29) is 12.5 Å². The molecule has 0 radical (unpaired) electrons. The Labute approximate surface area is 91.8 Å². The number of hydrogen-bond acceptors (Lipinski definition) is 3. The van der Waals surface area contributed by atoms with E-state index >= 15 is 0 Å². The molecule has 1 amide bonds. The standard InChI is InChI=1S/C11H22N2O2/c1-3-6-12-9-11(15)13-8-10(4-2)5-7-14/h3,10,12,14H,1,4-9H2,2H3,(H,13,15). The summed E-state index contributed by atoms with van der Waals surface area (Å²) in [5.41, 5.74) is 0. The summed E-state index contributed by atoms with van der Waals surface area (Å²) in [4.78, 5) is 11.3. The third-order valence-corrected chi connectivity index (χ3v) is 2.28. The smallest absolute Gasteiger partial charge is 0.233 e. The first-order chi connectivity index (χ1) is 7.24. The Morgan fingerprint density at radius 2 is 2.33 bits per heavy atom. The minimum atomic E-state index is -0.00626. The van der Waals surface area contributed by atoms with Gasteiger partial charge in [0.2, 0.25) is 5.91 Å². The molecule has 0 aliphatic carbocycles. The maximum absolute atomic E-state index is 11.3. The molecule has 0 aliphatic heterocycles. The Hall–Kier alpha value is -0.870. The second kappa shape index (κ2) is 9.68. The summed E-state index contributed by atoms with van der Waals surface area (Å²) in [5.74, 6) is 0.367. The van der Waals surface area contributed by atoms with Crippen molar-refractivity contribution in [2.75, 3.05) is 26.2 Å². The highest BCUT2D eigenvalue weighted by Crippen LogP contribution is 2.05. The van der Waals surface area contributed by atoms with Gasteiger partial charge >= 0.3 is 0 Å². The van der Waals surface area contributed by atoms with Gasteiger partial charge in [0.15, 0.2) is 0 Å². The van der Waals surface area contributed by atoms with E-state index in [1.807, 2.05) is 0 Å². The van der Waals surface area contributed by atoms with E-state index < -0.39 is 0 Å². The molecule has 0 aromatic heterocycles. The monoisotopic (exact) mass is 214 g/mol. The highest BCUT2D eigenvalue weighted by atomic mass is 16.3. The lowest BCUT2D eigenvalue weighted by molar-refractivity contribution is -0.120. The second-order valence-corrected chi connectivity index (χ2v) is 3.51. The number of rotatable bonds is 9. The Balaban J connectivity index is 3.54. The number of hydrogen-bond donors (Lipinski definition) is 3. The van der Waals surface area contributed by atoms with Crippen molar-refractivity contribution in [3.05, 3.63) is 12.7 Å². The van der Waals surface area contributed by atoms with E-state index in [4.69, 9.17) is 5.11 Å². The molecule has 1 atom stereocenters. The number of nitrogens with one attached hydrogen (secondary N) is 2. The van der Waals surface area contributed by atoms with Crippen LogP contribution in [0.3, 0.4) is 0 Å². The average molecular weight is 214 g/mol. The molecular formula is C11H22N2O2. The molecule has 4 nitrogen and oxygen atoms in total. The minimum Gasteiger partial charge on any atom is -0.396 e. The molecule has 0 spiro atoms. The predicted octanol–water partition coefficient (Wildman–Crippen LogP) is 0.287. The maximum Gasteiger partial charge on any atom is 0.233 e. The van der Waals surface area contributed by atoms with Crippen molar-refractivity contribution < 1.29 is 9.90 Å². The molecule has 15 heavy (non-hydrogen) atoms. The van der Waals surface area contributed by atoms with Crippen molar-refractivity contribution in [2.45, 2.75) is 19.8 Å².